The number of rotatable bonds is 6. The standard InChI is InChI=1S/C32H32N2/c1-3-9-25(10-4-1)23-34(24-26-11-5-2-6-12-26)28-21-32(22-28)18-15-27(16-19-32)29-17-20-33-31-14-8-7-13-30(29)31/h1-15,17,20,28H,16,18-19,21-24H2. The fraction of sp³-hybridized carbons (Fsp3) is 0.281. The maximum absolute atomic E-state index is 4.56. The molecule has 170 valence electrons. The largest absolute Gasteiger partial charge is 0.292 e. The van der Waals surface area contributed by atoms with Gasteiger partial charge in [0.05, 0.1) is 5.52 Å². The number of nitrogens with zero attached hydrogens (tertiary/aromatic N) is 2. The van der Waals surface area contributed by atoms with Crippen molar-refractivity contribution in [3.63, 3.8) is 0 Å². The zero-order chi connectivity index (χ0) is 22.8. The summed E-state index contributed by atoms with van der Waals surface area (Å²) >= 11 is 0. The van der Waals surface area contributed by atoms with E-state index >= 15 is 0 Å². The van der Waals surface area contributed by atoms with Gasteiger partial charge in [0.1, 0.15) is 0 Å². The second-order valence-electron chi connectivity index (χ2n) is 10.2. The molecule has 1 aromatic heterocycles. The number of allylic oxidation sites excluding steroid dienone is 2. The molecule has 0 unspecified atom stereocenters. The van der Waals surface area contributed by atoms with Crippen LogP contribution in [0.1, 0.15) is 48.8 Å². The first-order valence-electron chi connectivity index (χ1n) is 12.6. The Kier molecular flexibility index (Phi) is 5.76. The Balaban J connectivity index is 1.17. The number of pyridine rings is 1. The summed E-state index contributed by atoms with van der Waals surface area (Å²) in [7, 11) is 0. The van der Waals surface area contributed by atoms with Gasteiger partial charge in [0.15, 0.2) is 0 Å². The Morgan fingerprint density at radius 2 is 1.41 bits per heavy atom. The van der Waals surface area contributed by atoms with E-state index in [2.05, 4.69) is 107 Å². The maximum Gasteiger partial charge on any atom is 0.0708 e. The van der Waals surface area contributed by atoms with Crippen LogP contribution in [0.5, 0.6) is 0 Å². The lowest BCUT2D eigenvalue weighted by molar-refractivity contribution is -0.0138. The third-order valence-electron chi connectivity index (χ3n) is 8.01. The fourth-order valence-corrected chi connectivity index (χ4v) is 6.08. The van der Waals surface area contributed by atoms with E-state index in [0.717, 1.165) is 18.6 Å². The summed E-state index contributed by atoms with van der Waals surface area (Å²) < 4.78 is 0. The molecule has 3 aromatic carbocycles. The normalized spacial score (nSPS) is 22.0. The van der Waals surface area contributed by atoms with Crippen molar-refractivity contribution in [2.45, 2.75) is 51.2 Å². The summed E-state index contributed by atoms with van der Waals surface area (Å²) in [6.45, 7) is 2.06. The minimum absolute atomic E-state index is 0.489. The van der Waals surface area contributed by atoms with Gasteiger partial charge in [0.2, 0.25) is 0 Å². The number of para-hydroxylation sites is 1. The van der Waals surface area contributed by atoms with Crippen molar-refractivity contribution >= 4 is 16.5 Å². The SMILES string of the molecule is C1=C(c2ccnc3ccccc23)CCC2(C1)CC(N(Cc1ccccc1)Cc1ccccc1)C2. The molecule has 2 aliphatic rings. The van der Waals surface area contributed by atoms with Crippen molar-refractivity contribution in [2.75, 3.05) is 0 Å². The second-order valence-corrected chi connectivity index (χ2v) is 10.2. The van der Waals surface area contributed by atoms with E-state index in [1.807, 2.05) is 6.20 Å². The molecule has 1 fully saturated rings. The predicted octanol–water partition coefficient (Wildman–Crippen LogP) is 7.65. The van der Waals surface area contributed by atoms with E-state index in [-0.39, 0.29) is 0 Å². The van der Waals surface area contributed by atoms with E-state index in [1.54, 1.807) is 0 Å². The first-order chi connectivity index (χ1) is 16.8. The number of fused-ring (bicyclic) bond motifs is 1. The second kappa shape index (κ2) is 9.19. The minimum atomic E-state index is 0.489. The van der Waals surface area contributed by atoms with Crippen LogP contribution in [-0.4, -0.2) is 15.9 Å². The molecule has 0 atom stereocenters. The molecule has 0 bridgehead atoms. The number of hydrogen-bond acceptors (Lipinski definition) is 2. The molecule has 34 heavy (non-hydrogen) atoms. The van der Waals surface area contributed by atoms with Gasteiger partial charge in [0, 0.05) is 30.7 Å². The zero-order valence-electron chi connectivity index (χ0n) is 19.7. The summed E-state index contributed by atoms with van der Waals surface area (Å²) in [6.07, 6.45) is 10.8. The van der Waals surface area contributed by atoms with Crippen LogP contribution in [0.2, 0.25) is 0 Å². The molecule has 2 nitrogen and oxygen atoms in total. The summed E-state index contributed by atoms with van der Waals surface area (Å²) in [5, 5.41) is 1.29. The van der Waals surface area contributed by atoms with Gasteiger partial charge in [-0.3, -0.25) is 9.88 Å². The molecule has 1 saturated carbocycles. The maximum atomic E-state index is 4.56. The number of benzene rings is 3. The van der Waals surface area contributed by atoms with Crippen molar-refractivity contribution in [2.24, 2.45) is 5.41 Å². The van der Waals surface area contributed by atoms with Crippen molar-refractivity contribution in [3.8, 4) is 0 Å². The van der Waals surface area contributed by atoms with Crippen molar-refractivity contribution in [1.29, 1.82) is 0 Å². The lowest BCUT2D eigenvalue weighted by Gasteiger charge is -2.53. The van der Waals surface area contributed by atoms with Crippen LogP contribution in [0.3, 0.4) is 0 Å². The van der Waals surface area contributed by atoms with Crippen LogP contribution in [-0.2, 0) is 13.1 Å². The Morgan fingerprint density at radius 3 is 2.06 bits per heavy atom. The van der Waals surface area contributed by atoms with E-state index in [0.29, 0.717) is 11.5 Å². The molecule has 2 heteroatoms. The van der Waals surface area contributed by atoms with Gasteiger partial charge in [-0.25, -0.2) is 0 Å². The van der Waals surface area contributed by atoms with Crippen LogP contribution in [0, 0.1) is 5.41 Å². The summed E-state index contributed by atoms with van der Waals surface area (Å²) in [5.74, 6) is 0. The molecular formula is C32H32N2. The predicted molar refractivity (Wildman–Crippen MR) is 141 cm³/mol. The van der Waals surface area contributed by atoms with E-state index in [9.17, 15) is 0 Å². The molecule has 0 radical (unpaired) electrons. The van der Waals surface area contributed by atoms with Crippen molar-refractivity contribution in [1.82, 2.24) is 9.88 Å². The lowest BCUT2D eigenvalue weighted by atomic mass is 9.58. The monoisotopic (exact) mass is 444 g/mol. The van der Waals surface area contributed by atoms with Gasteiger partial charge in [0.25, 0.3) is 0 Å². The van der Waals surface area contributed by atoms with Gasteiger partial charge < -0.3 is 0 Å². The Bertz CT molecular complexity index is 1240. The average Bonchev–Trinajstić information content (AvgIpc) is 2.88. The molecule has 6 rings (SSSR count). The molecule has 1 heterocycles. The highest BCUT2D eigenvalue weighted by molar-refractivity contribution is 5.91. The molecule has 0 aliphatic heterocycles. The van der Waals surface area contributed by atoms with Crippen molar-refractivity contribution < 1.29 is 0 Å². The van der Waals surface area contributed by atoms with Crippen LogP contribution in [0.4, 0.5) is 0 Å². The molecular weight excluding hydrogens is 412 g/mol. The average molecular weight is 445 g/mol. The topological polar surface area (TPSA) is 16.1 Å². The lowest BCUT2D eigenvalue weighted by Crippen LogP contribution is -2.50. The summed E-state index contributed by atoms with van der Waals surface area (Å²) in [6, 6.07) is 33.3. The Labute approximate surface area is 203 Å². The zero-order valence-corrected chi connectivity index (χ0v) is 19.7. The molecule has 1 spiro atoms. The molecule has 4 aromatic rings. The smallest absolute Gasteiger partial charge is 0.0708 e. The highest BCUT2D eigenvalue weighted by atomic mass is 15.2. The number of hydrogen-bond donors (Lipinski definition) is 0. The van der Waals surface area contributed by atoms with Crippen molar-refractivity contribution in [3.05, 3.63) is 120 Å². The molecule has 0 N–H and O–H groups in total. The Morgan fingerprint density at radius 1 is 0.765 bits per heavy atom. The Hall–Kier alpha value is -3.23. The van der Waals surface area contributed by atoms with E-state index < -0.39 is 0 Å². The highest BCUT2D eigenvalue weighted by Gasteiger charge is 2.46. The van der Waals surface area contributed by atoms with Gasteiger partial charge in [-0.15, -0.1) is 0 Å². The van der Waals surface area contributed by atoms with Crippen LogP contribution < -0.4 is 0 Å². The number of aromatic nitrogens is 1. The van der Waals surface area contributed by atoms with Gasteiger partial charge in [-0.05, 0) is 71.9 Å². The quantitative estimate of drug-likeness (QED) is 0.303. The van der Waals surface area contributed by atoms with Crippen LogP contribution >= 0.6 is 0 Å². The molecule has 2 aliphatic carbocycles. The molecule has 0 amide bonds. The fourth-order valence-electron chi connectivity index (χ4n) is 6.08. The van der Waals surface area contributed by atoms with Gasteiger partial charge >= 0.3 is 0 Å². The summed E-state index contributed by atoms with van der Waals surface area (Å²) in [5.41, 5.74) is 7.30. The third-order valence-corrected chi connectivity index (χ3v) is 8.01. The van der Waals surface area contributed by atoms with E-state index in [1.165, 1.54) is 59.8 Å². The van der Waals surface area contributed by atoms with Gasteiger partial charge in [-0.1, -0.05) is 84.9 Å². The third kappa shape index (κ3) is 4.31. The van der Waals surface area contributed by atoms with E-state index in [4.69, 9.17) is 0 Å². The first-order valence-corrected chi connectivity index (χ1v) is 12.6. The van der Waals surface area contributed by atoms with Gasteiger partial charge in [-0.2, -0.15) is 0 Å². The first kappa shape index (κ1) is 21.3. The highest BCUT2D eigenvalue weighted by Crippen LogP contribution is 2.54. The van der Waals surface area contributed by atoms with Crippen LogP contribution in [0.25, 0.3) is 16.5 Å². The minimum Gasteiger partial charge on any atom is -0.292 e. The molecule has 0 saturated heterocycles. The van der Waals surface area contributed by atoms with Crippen LogP contribution in [0.15, 0.2) is 103 Å². The summed E-state index contributed by atoms with van der Waals surface area (Å²) in [4.78, 5) is 7.27.